The molecule has 2 heterocycles. The molecule has 0 aliphatic heterocycles. The van der Waals surface area contributed by atoms with Crippen LogP contribution in [-0.2, 0) is 16.4 Å². The molecule has 26 heavy (non-hydrogen) atoms. The maximum Gasteiger partial charge on any atom is 0.268 e. The van der Waals surface area contributed by atoms with Crippen molar-refractivity contribution in [3.05, 3.63) is 53.1 Å². The number of pyridine rings is 1. The minimum absolute atomic E-state index is 0.0796. The number of benzene rings is 1. The molecule has 9 heteroatoms. The molecule has 0 saturated heterocycles. The standard InChI is InChI=1S/C17H17FN4O3S/c1-3-11-9(2)15(26(20,24)25)14(19)12(13(11)18)17(23)22-8-6-10-5-4-7-21-16(10)22/h4-8H,3,19H2,1-2H3,(H2,20,24,25). The second-order valence-electron chi connectivity index (χ2n) is 5.84. The molecule has 0 fully saturated rings. The Kier molecular flexibility index (Phi) is 4.29. The fourth-order valence-corrected chi connectivity index (χ4v) is 4.09. The van der Waals surface area contributed by atoms with Gasteiger partial charge in [0, 0.05) is 17.8 Å². The predicted octanol–water partition coefficient (Wildman–Crippen LogP) is 1.96. The monoisotopic (exact) mass is 376 g/mol. The molecule has 3 rings (SSSR count). The molecule has 3 aromatic rings. The van der Waals surface area contributed by atoms with E-state index in [1.807, 2.05) is 0 Å². The predicted molar refractivity (Wildman–Crippen MR) is 95.8 cm³/mol. The Hall–Kier alpha value is -2.78. The third-order valence-corrected chi connectivity index (χ3v) is 5.41. The number of nitrogens with two attached hydrogens (primary N) is 2. The number of hydrogen-bond acceptors (Lipinski definition) is 5. The van der Waals surface area contributed by atoms with Gasteiger partial charge in [0.15, 0.2) is 0 Å². The lowest BCUT2D eigenvalue weighted by atomic mass is 9.99. The second kappa shape index (κ2) is 6.19. The van der Waals surface area contributed by atoms with Gasteiger partial charge in [-0.05, 0) is 42.7 Å². The molecule has 0 spiro atoms. The third-order valence-electron chi connectivity index (χ3n) is 4.31. The van der Waals surface area contributed by atoms with Crippen LogP contribution >= 0.6 is 0 Å². The molecule has 0 aliphatic rings. The normalized spacial score (nSPS) is 11.8. The van der Waals surface area contributed by atoms with Gasteiger partial charge in [-0.2, -0.15) is 0 Å². The van der Waals surface area contributed by atoms with Crippen molar-refractivity contribution >= 4 is 32.7 Å². The van der Waals surface area contributed by atoms with E-state index < -0.39 is 37.9 Å². The number of rotatable bonds is 3. The van der Waals surface area contributed by atoms with Gasteiger partial charge in [0.05, 0.1) is 5.69 Å². The molecule has 0 bridgehead atoms. The second-order valence-corrected chi connectivity index (χ2v) is 7.34. The highest BCUT2D eigenvalue weighted by atomic mass is 32.2. The molecule has 2 aromatic heterocycles. The molecule has 0 aliphatic carbocycles. The van der Waals surface area contributed by atoms with Crippen LogP contribution in [0.15, 0.2) is 35.5 Å². The van der Waals surface area contributed by atoms with E-state index in [4.69, 9.17) is 10.9 Å². The number of nitrogen functional groups attached to an aromatic ring is 1. The van der Waals surface area contributed by atoms with Crippen molar-refractivity contribution < 1.29 is 17.6 Å². The van der Waals surface area contributed by atoms with Crippen LogP contribution in [0.3, 0.4) is 0 Å². The molecule has 0 atom stereocenters. The molecule has 0 amide bonds. The number of primary sulfonamides is 1. The summed E-state index contributed by atoms with van der Waals surface area (Å²) in [5.41, 5.74) is 5.37. The summed E-state index contributed by atoms with van der Waals surface area (Å²) in [5, 5.41) is 5.92. The lowest BCUT2D eigenvalue weighted by molar-refractivity contribution is 0.0961. The molecular weight excluding hydrogens is 359 g/mol. The first-order valence-corrected chi connectivity index (χ1v) is 9.33. The number of nitrogens with zero attached hydrogens (tertiary/aromatic N) is 2. The van der Waals surface area contributed by atoms with Crippen molar-refractivity contribution in [1.82, 2.24) is 9.55 Å². The fourth-order valence-electron chi connectivity index (χ4n) is 3.13. The van der Waals surface area contributed by atoms with Crippen molar-refractivity contribution in [2.75, 3.05) is 5.73 Å². The van der Waals surface area contributed by atoms with E-state index in [1.54, 1.807) is 25.1 Å². The van der Waals surface area contributed by atoms with Gasteiger partial charge in [-0.1, -0.05) is 6.92 Å². The zero-order valence-electron chi connectivity index (χ0n) is 14.2. The third kappa shape index (κ3) is 2.65. The lowest BCUT2D eigenvalue weighted by Crippen LogP contribution is -2.23. The largest absolute Gasteiger partial charge is 0.397 e. The van der Waals surface area contributed by atoms with Crippen LogP contribution < -0.4 is 10.9 Å². The van der Waals surface area contributed by atoms with E-state index in [0.29, 0.717) is 11.0 Å². The van der Waals surface area contributed by atoms with Crippen LogP contribution in [0.25, 0.3) is 11.0 Å². The molecule has 136 valence electrons. The Labute approximate surface area is 149 Å². The zero-order valence-corrected chi connectivity index (χ0v) is 15.0. The maximum atomic E-state index is 15.0. The van der Waals surface area contributed by atoms with Crippen molar-refractivity contribution in [2.24, 2.45) is 5.14 Å². The average molecular weight is 376 g/mol. The van der Waals surface area contributed by atoms with E-state index in [2.05, 4.69) is 4.98 Å². The van der Waals surface area contributed by atoms with E-state index in [1.165, 1.54) is 19.3 Å². The van der Waals surface area contributed by atoms with Gasteiger partial charge < -0.3 is 5.73 Å². The summed E-state index contributed by atoms with van der Waals surface area (Å²) < 4.78 is 40.1. The molecule has 4 N–H and O–H groups in total. The molecule has 1 aromatic carbocycles. The Bertz CT molecular complexity index is 1150. The van der Waals surface area contributed by atoms with Crippen LogP contribution in [0.5, 0.6) is 0 Å². The van der Waals surface area contributed by atoms with Gasteiger partial charge in [-0.25, -0.2) is 22.9 Å². The van der Waals surface area contributed by atoms with Crippen molar-refractivity contribution in [2.45, 2.75) is 25.2 Å². The fraction of sp³-hybridized carbons (Fsp3) is 0.176. The Morgan fingerprint density at radius 1 is 1.35 bits per heavy atom. The smallest absolute Gasteiger partial charge is 0.268 e. The van der Waals surface area contributed by atoms with Crippen LogP contribution in [0.2, 0.25) is 0 Å². The number of halogens is 1. The number of sulfonamides is 1. The quantitative estimate of drug-likeness (QED) is 0.677. The van der Waals surface area contributed by atoms with Crippen molar-refractivity contribution in [1.29, 1.82) is 0 Å². The summed E-state index contributed by atoms with van der Waals surface area (Å²) in [4.78, 5) is 16.7. The SMILES string of the molecule is CCc1c(C)c(S(N)(=O)=O)c(N)c(C(=O)n2ccc3cccnc32)c1F. The Balaban J connectivity index is 2.36. The average Bonchev–Trinajstić information content (AvgIpc) is 2.97. The lowest BCUT2D eigenvalue weighted by Gasteiger charge is -2.17. The summed E-state index contributed by atoms with van der Waals surface area (Å²) in [6.07, 6.45) is 3.10. The number of carbonyl (C=O) groups excluding carboxylic acids is 1. The van der Waals surface area contributed by atoms with E-state index in [-0.39, 0.29) is 17.5 Å². The number of carbonyl (C=O) groups is 1. The molecule has 0 saturated carbocycles. The summed E-state index contributed by atoms with van der Waals surface area (Å²) in [6, 6.07) is 5.09. The highest BCUT2D eigenvalue weighted by molar-refractivity contribution is 7.89. The zero-order chi connectivity index (χ0) is 19.2. The highest BCUT2D eigenvalue weighted by Gasteiger charge is 2.30. The first kappa shape index (κ1) is 18.0. The Morgan fingerprint density at radius 3 is 2.65 bits per heavy atom. The molecule has 7 nitrogen and oxygen atoms in total. The first-order valence-electron chi connectivity index (χ1n) is 7.78. The number of aromatic nitrogens is 2. The molecule has 0 unspecified atom stereocenters. The number of fused-ring (bicyclic) bond motifs is 1. The van der Waals surface area contributed by atoms with Crippen LogP contribution in [-0.4, -0.2) is 23.9 Å². The maximum absolute atomic E-state index is 15.0. The van der Waals surface area contributed by atoms with Crippen LogP contribution in [0, 0.1) is 12.7 Å². The Morgan fingerprint density at radius 2 is 2.04 bits per heavy atom. The van der Waals surface area contributed by atoms with E-state index in [9.17, 15) is 13.2 Å². The highest BCUT2D eigenvalue weighted by Crippen LogP contribution is 2.33. The summed E-state index contributed by atoms with van der Waals surface area (Å²) >= 11 is 0. The van der Waals surface area contributed by atoms with Crippen molar-refractivity contribution in [3.8, 4) is 0 Å². The van der Waals surface area contributed by atoms with E-state index >= 15 is 4.39 Å². The topological polar surface area (TPSA) is 121 Å². The number of anilines is 1. The number of hydrogen-bond donors (Lipinski definition) is 2. The van der Waals surface area contributed by atoms with Crippen LogP contribution in [0.1, 0.15) is 28.4 Å². The molecule has 0 radical (unpaired) electrons. The minimum Gasteiger partial charge on any atom is -0.397 e. The van der Waals surface area contributed by atoms with Gasteiger partial charge in [-0.3, -0.25) is 9.36 Å². The minimum atomic E-state index is -4.25. The van der Waals surface area contributed by atoms with Gasteiger partial charge >= 0.3 is 0 Å². The van der Waals surface area contributed by atoms with Crippen LogP contribution in [0.4, 0.5) is 10.1 Å². The van der Waals surface area contributed by atoms with Gasteiger partial charge in [0.25, 0.3) is 5.91 Å². The summed E-state index contributed by atoms with van der Waals surface area (Å²) in [5.74, 6) is -1.66. The summed E-state index contributed by atoms with van der Waals surface area (Å²) in [6.45, 7) is 3.06. The van der Waals surface area contributed by atoms with E-state index in [0.717, 1.165) is 4.57 Å². The van der Waals surface area contributed by atoms with Gasteiger partial charge in [0.2, 0.25) is 10.0 Å². The molecular formula is C17H17FN4O3S. The van der Waals surface area contributed by atoms with Gasteiger partial charge in [-0.15, -0.1) is 0 Å². The first-order chi connectivity index (χ1) is 12.2. The van der Waals surface area contributed by atoms with Crippen molar-refractivity contribution in [3.63, 3.8) is 0 Å². The van der Waals surface area contributed by atoms with Gasteiger partial charge in [0.1, 0.15) is 21.9 Å². The summed E-state index contributed by atoms with van der Waals surface area (Å²) in [7, 11) is -4.25.